The van der Waals surface area contributed by atoms with Crippen LogP contribution in [0, 0.1) is 17.0 Å². The van der Waals surface area contributed by atoms with Gasteiger partial charge in [0.15, 0.2) is 0 Å². The van der Waals surface area contributed by atoms with Gasteiger partial charge in [-0.25, -0.2) is 4.79 Å². The van der Waals surface area contributed by atoms with Crippen molar-refractivity contribution in [3.63, 3.8) is 0 Å². The molecule has 0 heterocycles. The van der Waals surface area contributed by atoms with Gasteiger partial charge in [0.25, 0.3) is 5.69 Å². The minimum atomic E-state index is -0.476. The Hall–Kier alpha value is -3.87. The number of methoxy groups -OCH3 is 1. The Morgan fingerprint density at radius 2 is 1.74 bits per heavy atom. The molecule has 0 aliphatic heterocycles. The molecule has 0 bridgehead atoms. The molecule has 3 aromatic carbocycles. The Morgan fingerprint density at radius 1 is 1.10 bits per heavy atom. The number of benzene rings is 3. The number of carbonyl (C=O) groups excluding carboxylic acids is 1. The van der Waals surface area contributed by atoms with E-state index in [0.717, 1.165) is 11.1 Å². The molecule has 7 heteroatoms. The molecule has 3 aromatic rings. The minimum absolute atomic E-state index is 0.00763. The number of esters is 1. The van der Waals surface area contributed by atoms with Crippen molar-refractivity contribution in [1.29, 1.82) is 0 Å². The second-order valence-electron chi connectivity index (χ2n) is 6.97. The second-order valence-corrected chi connectivity index (χ2v) is 6.97. The lowest BCUT2D eigenvalue weighted by Crippen LogP contribution is -2.11. The van der Waals surface area contributed by atoms with E-state index in [1.807, 2.05) is 12.1 Å². The number of rotatable bonds is 7. The first-order valence-electron chi connectivity index (χ1n) is 9.76. The van der Waals surface area contributed by atoms with Gasteiger partial charge in [-0.1, -0.05) is 24.3 Å². The van der Waals surface area contributed by atoms with E-state index >= 15 is 0 Å². The Morgan fingerprint density at radius 3 is 2.29 bits per heavy atom. The standard InChI is InChI=1S/C24H23NO6/c1-4-31-24(27)23-15(2)20(13-16-5-9-18(10-6-16)25(28)29)22(26)14-21(23)17-7-11-19(30-3)12-8-17/h5-12,14,26H,4,13H2,1-3H3. The van der Waals surface area contributed by atoms with Crippen LogP contribution in [-0.4, -0.2) is 29.7 Å². The molecule has 0 aliphatic rings. The molecule has 0 aliphatic carbocycles. The molecule has 0 fully saturated rings. The summed E-state index contributed by atoms with van der Waals surface area (Å²) in [5.74, 6) is 0.239. The highest BCUT2D eigenvalue weighted by atomic mass is 16.6. The van der Waals surface area contributed by atoms with Gasteiger partial charge in [0.1, 0.15) is 11.5 Å². The van der Waals surface area contributed by atoms with Gasteiger partial charge in [0, 0.05) is 29.7 Å². The number of nitrogens with zero attached hydrogens (tertiary/aromatic N) is 1. The van der Waals surface area contributed by atoms with Crippen LogP contribution in [0.25, 0.3) is 11.1 Å². The predicted molar refractivity (Wildman–Crippen MR) is 117 cm³/mol. The zero-order valence-electron chi connectivity index (χ0n) is 17.5. The van der Waals surface area contributed by atoms with Gasteiger partial charge in [0.05, 0.1) is 24.2 Å². The summed E-state index contributed by atoms with van der Waals surface area (Å²) < 4.78 is 10.5. The van der Waals surface area contributed by atoms with Crippen molar-refractivity contribution in [3.05, 3.63) is 87.0 Å². The molecule has 7 nitrogen and oxygen atoms in total. The van der Waals surface area contributed by atoms with Crippen LogP contribution < -0.4 is 4.74 Å². The van der Waals surface area contributed by atoms with Crippen LogP contribution in [0.2, 0.25) is 0 Å². The van der Waals surface area contributed by atoms with E-state index in [-0.39, 0.29) is 18.0 Å². The third-order valence-electron chi connectivity index (χ3n) is 5.10. The van der Waals surface area contributed by atoms with E-state index < -0.39 is 10.9 Å². The van der Waals surface area contributed by atoms with Crippen LogP contribution in [0.4, 0.5) is 5.69 Å². The summed E-state index contributed by atoms with van der Waals surface area (Å²) in [6.45, 7) is 3.72. The third kappa shape index (κ3) is 4.66. The van der Waals surface area contributed by atoms with Gasteiger partial charge in [-0.05, 0) is 48.7 Å². The summed E-state index contributed by atoms with van der Waals surface area (Å²) in [7, 11) is 1.57. The number of ether oxygens (including phenoxy) is 2. The van der Waals surface area contributed by atoms with Crippen LogP contribution in [0.15, 0.2) is 54.6 Å². The van der Waals surface area contributed by atoms with Gasteiger partial charge in [-0.15, -0.1) is 0 Å². The molecular formula is C24H23NO6. The minimum Gasteiger partial charge on any atom is -0.508 e. The zero-order chi connectivity index (χ0) is 22.5. The summed E-state index contributed by atoms with van der Waals surface area (Å²) in [5, 5.41) is 21.7. The number of carbonyl (C=O) groups is 1. The van der Waals surface area contributed by atoms with Crippen molar-refractivity contribution in [2.75, 3.05) is 13.7 Å². The number of nitro benzene ring substituents is 1. The van der Waals surface area contributed by atoms with Gasteiger partial charge < -0.3 is 14.6 Å². The largest absolute Gasteiger partial charge is 0.508 e. The predicted octanol–water partition coefficient (Wildman–Crippen LogP) is 5.05. The van der Waals surface area contributed by atoms with Crippen LogP contribution in [0.5, 0.6) is 11.5 Å². The molecule has 3 rings (SSSR count). The summed E-state index contributed by atoms with van der Waals surface area (Å²) in [5.41, 5.74) is 3.61. The fraction of sp³-hybridized carbons (Fsp3) is 0.208. The van der Waals surface area contributed by atoms with Crippen LogP contribution >= 0.6 is 0 Å². The Kier molecular flexibility index (Phi) is 6.55. The maximum Gasteiger partial charge on any atom is 0.339 e. The molecule has 0 saturated carbocycles. The molecule has 0 unspecified atom stereocenters. The van der Waals surface area contributed by atoms with E-state index in [0.29, 0.717) is 34.4 Å². The molecular weight excluding hydrogens is 398 g/mol. The summed E-state index contributed by atoms with van der Waals surface area (Å²) >= 11 is 0. The van der Waals surface area contributed by atoms with E-state index in [2.05, 4.69) is 0 Å². The van der Waals surface area contributed by atoms with Crippen LogP contribution in [0.1, 0.15) is 34.0 Å². The van der Waals surface area contributed by atoms with Crippen molar-refractivity contribution >= 4 is 11.7 Å². The smallest absolute Gasteiger partial charge is 0.339 e. The van der Waals surface area contributed by atoms with Crippen molar-refractivity contribution in [2.45, 2.75) is 20.3 Å². The van der Waals surface area contributed by atoms with Crippen molar-refractivity contribution in [1.82, 2.24) is 0 Å². The number of phenolic OH excluding ortho intramolecular Hbond substituents is 1. The van der Waals surface area contributed by atoms with Crippen LogP contribution in [0.3, 0.4) is 0 Å². The number of non-ortho nitro benzene ring substituents is 1. The summed E-state index contributed by atoms with van der Waals surface area (Å²) in [6, 6.07) is 14.8. The first kappa shape index (κ1) is 21.8. The zero-order valence-corrected chi connectivity index (χ0v) is 17.5. The average molecular weight is 421 g/mol. The highest BCUT2D eigenvalue weighted by molar-refractivity contribution is 6.00. The number of hydrogen-bond acceptors (Lipinski definition) is 6. The number of phenols is 1. The highest BCUT2D eigenvalue weighted by Gasteiger charge is 2.22. The molecule has 160 valence electrons. The van der Waals surface area contributed by atoms with E-state index in [1.54, 1.807) is 51.3 Å². The Labute approximate surface area is 180 Å². The van der Waals surface area contributed by atoms with Gasteiger partial charge in [0.2, 0.25) is 0 Å². The van der Waals surface area contributed by atoms with Crippen molar-refractivity contribution in [2.24, 2.45) is 0 Å². The van der Waals surface area contributed by atoms with Crippen LogP contribution in [-0.2, 0) is 11.2 Å². The topological polar surface area (TPSA) is 98.9 Å². The Balaban J connectivity index is 2.09. The van der Waals surface area contributed by atoms with E-state index in [9.17, 15) is 20.0 Å². The lowest BCUT2D eigenvalue weighted by Gasteiger charge is -2.18. The molecule has 0 spiro atoms. The summed E-state index contributed by atoms with van der Waals surface area (Å²) in [4.78, 5) is 23.2. The molecule has 0 amide bonds. The van der Waals surface area contributed by atoms with Crippen molar-refractivity contribution < 1.29 is 24.3 Å². The normalized spacial score (nSPS) is 10.5. The van der Waals surface area contributed by atoms with Gasteiger partial charge in [-0.2, -0.15) is 0 Å². The fourth-order valence-electron chi connectivity index (χ4n) is 3.47. The first-order valence-corrected chi connectivity index (χ1v) is 9.76. The SMILES string of the molecule is CCOC(=O)c1c(-c2ccc(OC)cc2)cc(O)c(Cc2ccc([N+](=O)[O-])cc2)c1C. The molecule has 31 heavy (non-hydrogen) atoms. The van der Waals surface area contributed by atoms with Gasteiger partial charge in [-0.3, -0.25) is 10.1 Å². The van der Waals surface area contributed by atoms with E-state index in [1.165, 1.54) is 12.1 Å². The number of nitro groups is 1. The second kappa shape index (κ2) is 9.30. The van der Waals surface area contributed by atoms with E-state index in [4.69, 9.17) is 9.47 Å². The monoisotopic (exact) mass is 421 g/mol. The molecule has 1 N–H and O–H groups in total. The lowest BCUT2D eigenvalue weighted by atomic mass is 9.89. The third-order valence-corrected chi connectivity index (χ3v) is 5.10. The average Bonchev–Trinajstić information content (AvgIpc) is 2.76. The first-order chi connectivity index (χ1) is 14.8. The number of hydrogen-bond donors (Lipinski definition) is 1. The maximum absolute atomic E-state index is 12.8. The number of aromatic hydroxyl groups is 1. The quantitative estimate of drug-likeness (QED) is 0.326. The molecule has 0 aromatic heterocycles. The van der Waals surface area contributed by atoms with Gasteiger partial charge >= 0.3 is 5.97 Å². The van der Waals surface area contributed by atoms with Crippen molar-refractivity contribution in [3.8, 4) is 22.6 Å². The maximum atomic E-state index is 12.8. The summed E-state index contributed by atoms with van der Waals surface area (Å²) in [6.07, 6.45) is 0.310. The highest BCUT2D eigenvalue weighted by Crippen LogP contribution is 2.36. The lowest BCUT2D eigenvalue weighted by molar-refractivity contribution is -0.384. The Bertz CT molecular complexity index is 1100. The molecule has 0 atom stereocenters. The molecule has 0 saturated heterocycles. The fourth-order valence-corrected chi connectivity index (χ4v) is 3.47. The molecule has 0 radical (unpaired) electrons.